The van der Waals surface area contributed by atoms with Gasteiger partial charge in [-0.3, -0.25) is 4.68 Å². The molecule has 1 aliphatic heterocycles. The van der Waals surface area contributed by atoms with Crippen molar-refractivity contribution in [3.8, 4) is 11.4 Å². The SMILES string of the molecule is Cc1nn(C2CCCC2)c2cc(C3=NOC(C)(c4nc(-c5cc(Cl)ccc5Cl)no4)C3)ccc12. The van der Waals surface area contributed by atoms with Gasteiger partial charge in [-0.05, 0) is 51.0 Å². The molecule has 4 aromatic rings. The lowest BCUT2D eigenvalue weighted by Crippen LogP contribution is -2.22. The first-order valence-corrected chi connectivity index (χ1v) is 12.2. The van der Waals surface area contributed by atoms with E-state index >= 15 is 0 Å². The zero-order valence-corrected chi connectivity index (χ0v) is 20.4. The first-order chi connectivity index (χ1) is 16.4. The van der Waals surface area contributed by atoms with E-state index in [-0.39, 0.29) is 0 Å². The van der Waals surface area contributed by atoms with E-state index in [0.29, 0.717) is 39.8 Å². The van der Waals surface area contributed by atoms with Crippen LogP contribution in [0, 0.1) is 6.92 Å². The highest BCUT2D eigenvalue weighted by Gasteiger charge is 2.42. The molecule has 2 aromatic carbocycles. The summed E-state index contributed by atoms with van der Waals surface area (Å²) in [4.78, 5) is 10.4. The van der Waals surface area contributed by atoms with Gasteiger partial charge in [-0.25, -0.2) is 0 Å². The summed E-state index contributed by atoms with van der Waals surface area (Å²) < 4.78 is 7.77. The lowest BCUT2D eigenvalue weighted by molar-refractivity contribution is -0.0313. The summed E-state index contributed by atoms with van der Waals surface area (Å²) in [6.07, 6.45) is 5.38. The summed E-state index contributed by atoms with van der Waals surface area (Å²) in [5.41, 5.74) is 3.78. The number of hydrogen-bond donors (Lipinski definition) is 0. The van der Waals surface area contributed by atoms with E-state index in [1.54, 1.807) is 18.2 Å². The van der Waals surface area contributed by atoms with Gasteiger partial charge in [0, 0.05) is 28.0 Å². The molecule has 0 N–H and O–H groups in total. The molecule has 1 fully saturated rings. The number of hydrogen-bond acceptors (Lipinski definition) is 6. The number of halogens is 2. The molecule has 0 spiro atoms. The van der Waals surface area contributed by atoms with Crippen LogP contribution in [0.2, 0.25) is 10.0 Å². The Morgan fingerprint density at radius 2 is 1.91 bits per heavy atom. The minimum absolute atomic E-state index is 0.338. The summed E-state index contributed by atoms with van der Waals surface area (Å²) in [5, 5.41) is 15.6. The smallest absolute Gasteiger partial charge is 0.274 e. The number of rotatable bonds is 4. The van der Waals surface area contributed by atoms with E-state index in [9.17, 15) is 0 Å². The second kappa shape index (κ2) is 8.10. The molecule has 7 nitrogen and oxygen atoms in total. The van der Waals surface area contributed by atoms with Crippen LogP contribution in [-0.2, 0) is 10.4 Å². The highest BCUT2D eigenvalue weighted by Crippen LogP contribution is 2.38. The van der Waals surface area contributed by atoms with Crippen molar-refractivity contribution < 1.29 is 9.36 Å². The van der Waals surface area contributed by atoms with Gasteiger partial charge in [0.1, 0.15) is 0 Å². The fourth-order valence-electron chi connectivity index (χ4n) is 4.93. The van der Waals surface area contributed by atoms with Crippen LogP contribution < -0.4 is 0 Å². The van der Waals surface area contributed by atoms with Gasteiger partial charge in [0.15, 0.2) is 0 Å². The fourth-order valence-corrected chi connectivity index (χ4v) is 5.30. The summed E-state index contributed by atoms with van der Waals surface area (Å²) in [6, 6.07) is 12.0. The second-order valence-corrected chi connectivity index (χ2v) is 10.1. The molecule has 0 saturated heterocycles. The number of fused-ring (bicyclic) bond motifs is 1. The van der Waals surface area contributed by atoms with Gasteiger partial charge in [0.05, 0.1) is 28.0 Å². The minimum Gasteiger partial charge on any atom is -0.379 e. The Balaban J connectivity index is 1.29. The lowest BCUT2D eigenvalue weighted by Gasteiger charge is -2.15. The van der Waals surface area contributed by atoms with Crippen LogP contribution in [0.25, 0.3) is 22.3 Å². The molecule has 1 unspecified atom stereocenters. The Kier molecular flexibility index (Phi) is 5.15. The maximum Gasteiger partial charge on any atom is 0.274 e. The van der Waals surface area contributed by atoms with Crippen molar-refractivity contribution in [2.24, 2.45) is 5.16 Å². The molecule has 2 aromatic heterocycles. The molecular formula is C25H23Cl2N5O2. The van der Waals surface area contributed by atoms with Gasteiger partial charge in [0.2, 0.25) is 11.4 Å². The van der Waals surface area contributed by atoms with Crippen LogP contribution in [-0.4, -0.2) is 25.6 Å². The Labute approximate surface area is 206 Å². The Hall–Kier alpha value is -2.90. The summed E-state index contributed by atoms with van der Waals surface area (Å²) in [6.45, 7) is 3.96. The van der Waals surface area contributed by atoms with E-state index < -0.39 is 5.60 Å². The number of aryl methyl sites for hydroxylation is 1. The van der Waals surface area contributed by atoms with E-state index in [1.807, 2.05) is 6.92 Å². The van der Waals surface area contributed by atoms with Gasteiger partial charge in [0.25, 0.3) is 5.89 Å². The van der Waals surface area contributed by atoms with E-state index in [4.69, 9.17) is 37.7 Å². The first kappa shape index (κ1) is 21.6. The van der Waals surface area contributed by atoms with Crippen LogP contribution >= 0.6 is 23.2 Å². The molecule has 34 heavy (non-hydrogen) atoms. The zero-order chi connectivity index (χ0) is 23.4. The predicted molar refractivity (Wildman–Crippen MR) is 131 cm³/mol. The molecular weight excluding hydrogens is 473 g/mol. The summed E-state index contributed by atoms with van der Waals surface area (Å²) in [5.74, 6) is 0.698. The molecule has 6 rings (SSSR count). The standard InChI is InChI=1S/C25H23Cl2N5O2/c1-14-18-9-7-15(11-22(18)32(29-14)17-5-3-4-6-17)21-13-25(2,34-30-21)24-28-23(31-33-24)19-12-16(26)8-10-20(19)27/h7-12,17H,3-6,13H2,1-2H3. The van der Waals surface area contributed by atoms with Crippen LogP contribution in [0.3, 0.4) is 0 Å². The van der Waals surface area contributed by atoms with E-state index in [2.05, 4.69) is 45.1 Å². The number of nitrogens with zero attached hydrogens (tertiary/aromatic N) is 5. The number of aromatic nitrogens is 4. The highest BCUT2D eigenvalue weighted by atomic mass is 35.5. The first-order valence-electron chi connectivity index (χ1n) is 11.5. The van der Waals surface area contributed by atoms with Crippen LogP contribution in [0.4, 0.5) is 0 Å². The Morgan fingerprint density at radius 3 is 2.74 bits per heavy atom. The van der Waals surface area contributed by atoms with Crippen molar-refractivity contribution in [2.45, 2.75) is 57.6 Å². The van der Waals surface area contributed by atoms with Crippen LogP contribution in [0.5, 0.6) is 0 Å². The van der Waals surface area contributed by atoms with Gasteiger partial charge in [-0.15, -0.1) is 0 Å². The van der Waals surface area contributed by atoms with Crippen molar-refractivity contribution in [3.05, 3.63) is 63.6 Å². The maximum absolute atomic E-state index is 6.31. The van der Waals surface area contributed by atoms with E-state index in [1.165, 1.54) is 31.1 Å². The topological polar surface area (TPSA) is 78.3 Å². The van der Waals surface area contributed by atoms with Crippen LogP contribution in [0.1, 0.15) is 62.2 Å². The van der Waals surface area contributed by atoms with Crippen molar-refractivity contribution >= 4 is 39.8 Å². The van der Waals surface area contributed by atoms with Crippen molar-refractivity contribution in [1.29, 1.82) is 0 Å². The largest absolute Gasteiger partial charge is 0.379 e. The summed E-state index contributed by atoms with van der Waals surface area (Å²) in [7, 11) is 0. The number of oxime groups is 1. The van der Waals surface area contributed by atoms with Gasteiger partial charge in [-0.1, -0.05) is 58.5 Å². The third-order valence-electron chi connectivity index (χ3n) is 6.81. The highest BCUT2D eigenvalue weighted by molar-refractivity contribution is 6.35. The number of benzene rings is 2. The quantitative estimate of drug-likeness (QED) is 0.309. The molecule has 1 aliphatic carbocycles. The molecule has 3 heterocycles. The Bertz CT molecular complexity index is 1440. The zero-order valence-electron chi connectivity index (χ0n) is 18.9. The molecule has 0 amide bonds. The predicted octanol–water partition coefficient (Wildman–Crippen LogP) is 6.86. The van der Waals surface area contributed by atoms with Crippen molar-refractivity contribution in [2.75, 3.05) is 0 Å². The van der Waals surface area contributed by atoms with Gasteiger partial charge < -0.3 is 9.36 Å². The van der Waals surface area contributed by atoms with Crippen LogP contribution in [0.15, 0.2) is 46.1 Å². The Morgan fingerprint density at radius 1 is 1.09 bits per heavy atom. The van der Waals surface area contributed by atoms with E-state index in [0.717, 1.165) is 22.5 Å². The fraction of sp³-hybridized carbons (Fsp3) is 0.360. The minimum atomic E-state index is -0.873. The monoisotopic (exact) mass is 495 g/mol. The molecule has 174 valence electrons. The van der Waals surface area contributed by atoms with Crippen molar-refractivity contribution in [3.63, 3.8) is 0 Å². The second-order valence-electron chi connectivity index (χ2n) is 9.28. The van der Waals surface area contributed by atoms with Crippen molar-refractivity contribution in [1.82, 2.24) is 19.9 Å². The van der Waals surface area contributed by atoms with Gasteiger partial charge in [-0.2, -0.15) is 10.1 Å². The lowest BCUT2D eigenvalue weighted by atomic mass is 9.95. The molecule has 9 heteroatoms. The average Bonchev–Trinajstić information content (AvgIpc) is 3.62. The average molecular weight is 496 g/mol. The third-order valence-corrected chi connectivity index (χ3v) is 7.37. The maximum atomic E-state index is 6.31. The normalized spacial score (nSPS) is 20.8. The molecule has 1 atom stereocenters. The molecule has 2 aliphatic rings. The molecule has 0 radical (unpaired) electrons. The third kappa shape index (κ3) is 3.58. The molecule has 0 bridgehead atoms. The summed E-state index contributed by atoms with van der Waals surface area (Å²) >= 11 is 12.4. The van der Waals surface area contributed by atoms with Gasteiger partial charge >= 0.3 is 0 Å². The molecule has 1 saturated carbocycles.